The number of benzene rings is 2. The largest absolute Gasteiger partial charge is 0.423 e. The van der Waals surface area contributed by atoms with E-state index in [1.165, 1.54) is 0 Å². The number of esters is 1. The topological polar surface area (TPSA) is 26.3 Å². The quantitative estimate of drug-likeness (QED) is 0.600. The van der Waals surface area contributed by atoms with E-state index in [0.717, 1.165) is 5.56 Å². The molecule has 0 spiro atoms. The van der Waals surface area contributed by atoms with Crippen molar-refractivity contribution >= 4 is 17.6 Å². The molecule has 2 aromatic rings. The van der Waals surface area contributed by atoms with E-state index in [4.69, 9.17) is 16.3 Å². The minimum atomic E-state index is -0.371. The molecule has 0 saturated carbocycles. The van der Waals surface area contributed by atoms with E-state index in [-0.39, 0.29) is 5.97 Å². The van der Waals surface area contributed by atoms with Crippen molar-refractivity contribution in [3.63, 3.8) is 0 Å². The van der Waals surface area contributed by atoms with E-state index in [1.807, 2.05) is 24.3 Å². The molecule has 0 fully saturated rings. The summed E-state index contributed by atoms with van der Waals surface area (Å²) in [4.78, 5) is 12.0. The van der Waals surface area contributed by atoms with Gasteiger partial charge in [0.2, 0.25) is 0 Å². The van der Waals surface area contributed by atoms with Crippen LogP contribution in [0.25, 0.3) is 0 Å². The Morgan fingerprint density at radius 1 is 1.05 bits per heavy atom. The smallest absolute Gasteiger partial charge is 0.343 e. The summed E-state index contributed by atoms with van der Waals surface area (Å²) in [5.41, 5.74) is 1.51. The molecule has 2 nitrogen and oxygen atoms in total. The molecule has 0 bridgehead atoms. The van der Waals surface area contributed by atoms with Gasteiger partial charge in [0.1, 0.15) is 5.75 Å². The highest BCUT2D eigenvalue weighted by Gasteiger charge is 2.12. The Hall–Kier alpha value is -1.80. The van der Waals surface area contributed by atoms with Crippen LogP contribution in [-0.4, -0.2) is 5.97 Å². The van der Waals surface area contributed by atoms with Gasteiger partial charge in [-0.1, -0.05) is 43.6 Å². The molecule has 0 aliphatic rings. The van der Waals surface area contributed by atoms with Crippen LogP contribution in [0.2, 0.25) is 5.02 Å². The minimum absolute atomic E-state index is 0.300. The first-order chi connectivity index (χ1) is 9.08. The average molecular weight is 275 g/mol. The van der Waals surface area contributed by atoms with E-state index in [0.29, 0.717) is 22.3 Å². The summed E-state index contributed by atoms with van der Waals surface area (Å²) in [6.45, 7) is 4.13. The maximum atomic E-state index is 12.0. The molecule has 0 aliphatic carbocycles. The number of para-hydroxylation sites is 1. The molecule has 19 heavy (non-hydrogen) atoms. The van der Waals surface area contributed by atoms with Crippen molar-refractivity contribution < 1.29 is 9.53 Å². The number of carbonyl (C=O) groups is 1. The molecule has 3 heteroatoms. The number of carbonyl (C=O) groups excluding carboxylic acids is 1. The number of halogens is 1. The van der Waals surface area contributed by atoms with Crippen LogP contribution in [0.4, 0.5) is 0 Å². The van der Waals surface area contributed by atoms with Crippen molar-refractivity contribution in [3.05, 3.63) is 64.7 Å². The minimum Gasteiger partial charge on any atom is -0.423 e. The van der Waals surface area contributed by atoms with E-state index in [1.54, 1.807) is 24.3 Å². The number of hydrogen-bond acceptors (Lipinski definition) is 2. The van der Waals surface area contributed by atoms with E-state index in [2.05, 4.69) is 13.8 Å². The summed E-state index contributed by atoms with van der Waals surface area (Å²) in [6, 6.07) is 14.2. The van der Waals surface area contributed by atoms with Gasteiger partial charge in [0.05, 0.1) is 5.56 Å². The van der Waals surface area contributed by atoms with Gasteiger partial charge < -0.3 is 4.74 Å². The Morgan fingerprint density at radius 3 is 2.32 bits per heavy atom. The van der Waals surface area contributed by atoms with Gasteiger partial charge in [-0.2, -0.15) is 0 Å². The predicted molar refractivity (Wildman–Crippen MR) is 76.9 cm³/mol. The number of hydrogen-bond donors (Lipinski definition) is 0. The average Bonchev–Trinajstić information content (AvgIpc) is 2.39. The molecule has 98 valence electrons. The van der Waals surface area contributed by atoms with Gasteiger partial charge in [0.25, 0.3) is 0 Å². The van der Waals surface area contributed by atoms with Crippen LogP contribution in [0.3, 0.4) is 0 Å². The lowest BCUT2D eigenvalue weighted by molar-refractivity contribution is 0.0733. The molecular formula is C16H15ClO2. The summed E-state index contributed by atoms with van der Waals surface area (Å²) in [6.07, 6.45) is 0. The van der Waals surface area contributed by atoms with Crippen LogP contribution in [0, 0.1) is 0 Å². The van der Waals surface area contributed by atoms with Gasteiger partial charge in [-0.15, -0.1) is 0 Å². The zero-order chi connectivity index (χ0) is 13.8. The second-order valence-electron chi connectivity index (χ2n) is 4.59. The van der Waals surface area contributed by atoms with Crippen molar-refractivity contribution in [2.75, 3.05) is 0 Å². The molecule has 0 N–H and O–H groups in total. The summed E-state index contributed by atoms with van der Waals surface area (Å²) >= 11 is 5.79. The second kappa shape index (κ2) is 5.89. The molecule has 0 radical (unpaired) electrons. The van der Waals surface area contributed by atoms with Crippen LogP contribution in [0.1, 0.15) is 35.7 Å². The first-order valence-electron chi connectivity index (χ1n) is 6.14. The van der Waals surface area contributed by atoms with Gasteiger partial charge in [-0.25, -0.2) is 4.79 Å². The van der Waals surface area contributed by atoms with Crippen LogP contribution in [-0.2, 0) is 0 Å². The van der Waals surface area contributed by atoms with Crippen LogP contribution in [0.5, 0.6) is 5.75 Å². The predicted octanol–water partition coefficient (Wildman–Crippen LogP) is 4.68. The molecule has 2 rings (SSSR count). The molecule has 0 atom stereocenters. The SMILES string of the molecule is CC(C)c1ccccc1OC(=O)c1ccc(Cl)cc1. The highest BCUT2D eigenvalue weighted by atomic mass is 35.5. The van der Waals surface area contributed by atoms with Crippen molar-refractivity contribution in [1.82, 2.24) is 0 Å². The summed E-state index contributed by atoms with van der Waals surface area (Å²) in [5.74, 6) is 0.538. The Labute approximate surface area is 118 Å². The second-order valence-corrected chi connectivity index (χ2v) is 5.03. The van der Waals surface area contributed by atoms with Crippen molar-refractivity contribution in [1.29, 1.82) is 0 Å². The highest BCUT2D eigenvalue weighted by Crippen LogP contribution is 2.26. The van der Waals surface area contributed by atoms with Crippen molar-refractivity contribution in [3.8, 4) is 5.75 Å². The zero-order valence-corrected chi connectivity index (χ0v) is 11.6. The molecule has 2 aromatic carbocycles. The standard InChI is InChI=1S/C16H15ClO2/c1-11(2)14-5-3-4-6-15(14)19-16(18)12-7-9-13(17)10-8-12/h3-11H,1-2H3. The Morgan fingerprint density at radius 2 is 1.68 bits per heavy atom. The molecule has 0 aromatic heterocycles. The van der Waals surface area contributed by atoms with Crippen LogP contribution in [0.15, 0.2) is 48.5 Å². The summed E-state index contributed by atoms with van der Waals surface area (Å²) < 4.78 is 5.45. The lowest BCUT2D eigenvalue weighted by atomic mass is 10.0. The lowest BCUT2D eigenvalue weighted by Crippen LogP contribution is -2.10. The normalized spacial score (nSPS) is 10.5. The van der Waals surface area contributed by atoms with E-state index >= 15 is 0 Å². The van der Waals surface area contributed by atoms with Gasteiger partial charge in [-0.05, 0) is 41.8 Å². The summed E-state index contributed by atoms with van der Waals surface area (Å²) in [5, 5.41) is 0.596. The molecule has 0 heterocycles. The van der Waals surface area contributed by atoms with Crippen molar-refractivity contribution in [2.45, 2.75) is 19.8 Å². The fourth-order valence-electron chi connectivity index (χ4n) is 1.80. The molecular weight excluding hydrogens is 260 g/mol. The molecule has 0 unspecified atom stereocenters. The lowest BCUT2D eigenvalue weighted by Gasteiger charge is -2.12. The van der Waals surface area contributed by atoms with E-state index in [9.17, 15) is 4.79 Å². The third-order valence-electron chi connectivity index (χ3n) is 2.82. The Bertz CT molecular complexity index is 574. The van der Waals surface area contributed by atoms with Gasteiger partial charge in [-0.3, -0.25) is 0 Å². The van der Waals surface area contributed by atoms with Crippen LogP contribution < -0.4 is 4.74 Å². The van der Waals surface area contributed by atoms with Gasteiger partial charge in [0, 0.05) is 5.02 Å². The first-order valence-corrected chi connectivity index (χ1v) is 6.52. The van der Waals surface area contributed by atoms with Gasteiger partial charge >= 0.3 is 5.97 Å². The van der Waals surface area contributed by atoms with Crippen molar-refractivity contribution in [2.24, 2.45) is 0 Å². The maximum Gasteiger partial charge on any atom is 0.343 e. The molecule has 0 aliphatic heterocycles. The van der Waals surface area contributed by atoms with E-state index < -0.39 is 0 Å². The maximum absolute atomic E-state index is 12.0. The van der Waals surface area contributed by atoms with Crippen LogP contribution >= 0.6 is 11.6 Å². The first kappa shape index (κ1) is 13.6. The van der Waals surface area contributed by atoms with Gasteiger partial charge in [0.15, 0.2) is 0 Å². The Kier molecular flexibility index (Phi) is 4.23. The highest BCUT2D eigenvalue weighted by molar-refractivity contribution is 6.30. The molecule has 0 saturated heterocycles. The number of rotatable bonds is 3. The summed E-state index contributed by atoms with van der Waals surface area (Å²) in [7, 11) is 0. The third kappa shape index (κ3) is 3.36. The fraction of sp³-hybridized carbons (Fsp3) is 0.188. The Balaban J connectivity index is 2.22. The monoisotopic (exact) mass is 274 g/mol. The third-order valence-corrected chi connectivity index (χ3v) is 3.08. The fourth-order valence-corrected chi connectivity index (χ4v) is 1.92. The zero-order valence-electron chi connectivity index (χ0n) is 10.9. The number of ether oxygens (including phenoxy) is 1. The molecule has 0 amide bonds.